The molecule has 1 heteroatoms. The fourth-order valence-corrected chi connectivity index (χ4v) is 0.890. The first kappa shape index (κ1) is 10.7. The van der Waals surface area contributed by atoms with Gasteiger partial charge in [0.05, 0.1) is 0 Å². The standard InChI is InChI=1S/C10H21N/c1-4-5-6-7-8-9-10-11(2)3/h7-8H,4-6,9-10H2,1-3H3/b8-7+. The van der Waals surface area contributed by atoms with Crippen LogP contribution in [0.2, 0.25) is 0 Å². The number of hydrogen-bond acceptors (Lipinski definition) is 1. The smallest absolute Gasteiger partial charge is 0.000980 e. The molecule has 0 bridgehead atoms. The predicted molar refractivity (Wildman–Crippen MR) is 51.8 cm³/mol. The van der Waals surface area contributed by atoms with Gasteiger partial charge in [-0.1, -0.05) is 31.9 Å². The molecule has 0 aromatic rings. The van der Waals surface area contributed by atoms with E-state index in [1.165, 1.54) is 32.2 Å². The Hall–Kier alpha value is -0.300. The largest absolute Gasteiger partial charge is 0.309 e. The molecule has 0 spiro atoms. The van der Waals surface area contributed by atoms with Gasteiger partial charge in [0.15, 0.2) is 0 Å². The maximum absolute atomic E-state index is 2.30. The summed E-state index contributed by atoms with van der Waals surface area (Å²) in [4.78, 5) is 2.21. The van der Waals surface area contributed by atoms with Gasteiger partial charge in [-0.3, -0.25) is 0 Å². The van der Waals surface area contributed by atoms with Gasteiger partial charge in [0.1, 0.15) is 0 Å². The normalized spacial score (nSPS) is 11.6. The summed E-state index contributed by atoms with van der Waals surface area (Å²) < 4.78 is 0. The van der Waals surface area contributed by atoms with Crippen LogP contribution in [0, 0.1) is 0 Å². The van der Waals surface area contributed by atoms with Crippen molar-refractivity contribution < 1.29 is 0 Å². The molecule has 1 nitrogen and oxygen atoms in total. The molecule has 0 aliphatic carbocycles. The zero-order chi connectivity index (χ0) is 8.53. The Morgan fingerprint density at radius 3 is 2.27 bits per heavy atom. The van der Waals surface area contributed by atoms with E-state index in [2.05, 4.69) is 38.1 Å². The Morgan fingerprint density at radius 1 is 1.09 bits per heavy atom. The molecule has 0 rings (SSSR count). The lowest BCUT2D eigenvalue weighted by Crippen LogP contribution is -2.11. The third kappa shape index (κ3) is 9.70. The lowest BCUT2D eigenvalue weighted by molar-refractivity contribution is 0.417. The first-order chi connectivity index (χ1) is 5.27. The highest BCUT2D eigenvalue weighted by Gasteiger charge is 1.84. The molecule has 0 unspecified atom stereocenters. The van der Waals surface area contributed by atoms with E-state index in [9.17, 15) is 0 Å². The van der Waals surface area contributed by atoms with Crippen molar-refractivity contribution in [3.8, 4) is 0 Å². The van der Waals surface area contributed by atoms with Crippen LogP contribution in [0.25, 0.3) is 0 Å². The molecule has 0 radical (unpaired) electrons. The quantitative estimate of drug-likeness (QED) is 0.421. The predicted octanol–water partition coefficient (Wildman–Crippen LogP) is 2.68. The highest BCUT2D eigenvalue weighted by Crippen LogP contribution is 1.96. The van der Waals surface area contributed by atoms with Crippen LogP contribution in [0.1, 0.15) is 32.6 Å². The summed E-state index contributed by atoms with van der Waals surface area (Å²) in [5, 5.41) is 0. The Kier molecular flexibility index (Phi) is 7.59. The minimum Gasteiger partial charge on any atom is -0.309 e. The fourth-order valence-electron chi connectivity index (χ4n) is 0.890. The van der Waals surface area contributed by atoms with Gasteiger partial charge in [-0.15, -0.1) is 0 Å². The van der Waals surface area contributed by atoms with Crippen molar-refractivity contribution in [3.63, 3.8) is 0 Å². The molecule has 0 heterocycles. The molecule has 0 saturated heterocycles. The van der Waals surface area contributed by atoms with Crippen LogP contribution in [0.5, 0.6) is 0 Å². The van der Waals surface area contributed by atoms with Crippen molar-refractivity contribution in [3.05, 3.63) is 12.2 Å². The van der Waals surface area contributed by atoms with E-state index in [1.54, 1.807) is 0 Å². The lowest BCUT2D eigenvalue weighted by Gasteiger charge is -2.05. The van der Waals surface area contributed by atoms with Crippen LogP contribution in [0.15, 0.2) is 12.2 Å². The number of nitrogens with zero attached hydrogens (tertiary/aromatic N) is 1. The second-order valence-corrected chi connectivity index (χ2v) is 3.21. The molecule has 0 aliphatic heterocycles. The van der Waals surface area contributed by atoms with Gasteiger partial charge in [0.25, 0.3) is 0 Å². The summed E-state index contributed by atoms with van der Waals surface area (Å²) in [6.45, 7) is 3.40. The highest BCUT2D eigenvalue weighted by atomic mass is 15.0. The third-order valence-electron chi connectivity index (χ3n) is 1.63. The van der Waals surface area contributed by atoms with Crippen molar-refractivity contribution >= 4 is 0 Å². The van der Waals surface area contributed by atoms with Crippen LogP contribution < -0.4 is 0 Å². The molecule has 0 aromatic carbocycles. The summed E-state index contributed by atoms with van der Waals surface area (Å²) in [6, 6.07) is 0. The zero-order valence-corrected chi connectivity index (χ0v) is 8.14. The first-order valence-electron chi connectivity index (χ1n) is 4.57. The number of allylic oxidation sites excluding steroid dienone is 1. The van der Waals surface area contributed by atoms with E-state index in [0.29, 0.717) is 0 Å². The maximum atomic E-state index is 2.30. The van der Waals surface area contributed by atoms with Gasteiger partial charge >= 0.3 is 0 Å². The van der Waals surface area contributed by atoms with Crippen molar-refractivity contribution in [1.29, 1.82) is 0 Å². The van der Waals surface area contributed by atoms with Gasteiger partial charge in [-0.25, -0.2) is 0 Å². The summed E-state index contributed by atoms with van der Waals surface area (Å²) >= 11 is 0. The molecule has 0 N–H and O–H groups in total. The van der Waals surface area contributed by atoms with Crippen molar-refractivity contribution in [2.45, 2.75) is 32.6 Å². The Morgan fingerprint density at radius 2 is 1.73 bits per heavy atom. The van der Waals surface area contributed by atoms with Crippen LogP contribution in [-0.4, -0.2) is 25.5 Å². The van der Waals surface area contributed by atoms with Gasteiger partial charge in [0, 0.05) is 6.54 Å². The van der Waals surface area contributed by atoms with Crippen LogP contribution >= 0.6 is 0 Å². The summed E-state index contributed by atoms with van der Waals surface area (Å²) in [5.74, 6) is 0. The minimum absolute atomic E-state index is 1.17. The average Bonchev–Trinajstić information content (AvgIpc) is 1.96. The second-order valence-electron chi connectivity index (χ2n) is 3.21. The van der Waals surface area contributed by atoms with Crippen molar-refractivity contribution in [1.82, 2.24) is 4.90 Å². The van der Waals surface area contributed by atoms with Gasteiger partial charge < -0.3 is 4.90 Å². The van der Waals surface area contributed by atoms with Gasteiger partial charge in [-0.2, -0.15) is 0 Å². The molecular formula is C10H21N. The number of rotatable bonds is 6. The number of hydrogen-bond donors (Lipinski definition) is 0. The van der Waals surface area contributed by atoms with Crippen molar-refractivity contribution in [2.24, 2.45) is 0 Å². The Balaban J connectivity index is 3.03. The van der Waals surface area contributed by atoms with Crippen LogP contribution in [0.3, 0.4) is 0 Å². The molecule has 0 amide bonds. The zero-order valence-electron chi connectivity index (χ0n) is 8.14. The van der Waals surface area contributed by atoms with E-state index in [-0.39, 0.29) is 0 Å². The topological polar surface area (TPSA) is 3.24 Å². The van der Waals surface area contributed by atoms with Crippen molar-refractivity contribution in [2.75, 3.05) is 20.6 Å². The summed E-state index contributed by atoms with van der Waals surface area (Å²) in [7, 11) is 4.22. The molecule has 0 aromatic heterocycles. The van der Waals surface area contributed by atoms with E-state index in [0.717, 1.165) is 0 Å². The van der Waals surface area contributed by atoms with E-state index in [1.807, 2.05) is 0 Å². The molecule has 66 valence electrons. The monoisotopic (exact) mass is 155 g/mol. The molecule has 0 aliphatic rings. The molecule has 0 saturated carbocycles. The fraction of sp³-hybridized carbons (Fsp3) is 0.800. The third-order valence-corrected chi connectivity index (χ3v) is 1.63. The van der Waals surface area contributed by atoms with Crippen LogP contribution in [0.4, 0.5) is 0 Å². The van der Waals surface area contributed by atoms with Gasteiger partial charge in [-0.05, 0) is 26.9 Å². The summed E-state index contributed by atoms with van der Waals surface area (Å²) in [6.07, 6.45) is 9.67. The molecular weight excluding hydrogens is 134 g/mol. The second kappa shape index (κ2) is 7.80. The lowest BCUT2D eigenvalue weighted by atomic mass is 10.2. The average molecular weight is 155 g/mol. The van der Waals surface area contributed by atoms with E-state index in [4.69, 9.17) is 0 Å². The Labute approximate surface area is 71.1 Å². The maximum Gasteiger partial charge on any atom is 0.000980 e. The molecule has 11 heavy (non-hydrogen) atoms. The number of unbranched alkanes of at least 4 members (excludes halogenated alkanes) is 2. The first-order valence-corrected chi connectivity index (χ1v) is 4.57. The summed E-state index contributed by atoms with van der Waals surface area (Å²) in [5.41, 5.74) is 0. The molecule has 0 atom stereocenters. The molecule has 0 fully saturated rings. The minimum atomic E-state index is 1.17. The highest BCUT2D eigenvalue weighted by molar-refractivity contribution is 4.81. The van der Waals surface area contributed by atoms with Crippen LogP contribution in [-0.2, 0) is 0 Å². The van der Waals surface area contributed by atoms with Gasteiger partial charge in [0.2, 0.25) is 0 Å². The van der Waals surface area contributed by atoms with E-state index >= 15 is 0 Å². The van der Waals surface area contributed by atoms with E-state index < -0.39 is 0 Å². The SMILES string of the molecule is CCCC/C=C/CCN(C)C. The Bertz CT molecular complexity index is 95.0.